The van der Waals surface area contributed by atoms with Crippen LogP contribution in [0.1, 0.15) is 17.7 Å². The molecule has 0 saturated heterocycles. The molecule has 0 saturated carbocycles. The number of rotatable bonds is 11. The molecular formula is C23H28BrNO3S. The van der Waals surface area contributed by atoms with Crippen molar-refractivity contribution in [1.82, 2.24) is 4.90 Å². The van der Waals surface area contributed by atoms with E-state index in [1.165, 1.54) is 26.1 Å². The summed E-state index contributed by atoms with van der Waals surface area (Å²) in [4.78, 5) is 3.39. The molecule has 2 aromatic carbocycles. The van der Waals surface area contributed by atoms with Gasteiger partial charge in [0.25, 0.3) is 0 Å². The average Bonchev–Trinajstić information content (AvgIpc) is 3.03. The van der Waals surface area contributed by atoms with Gasteiger partial charge in [-0.25, -0.2) is 0 Å². The Hall–Kier alpha value is -1.44. The normalized spacial score (nSPS) is 11.5. The topological polar surface area (TPSA) is 52.9 Å². The number of hydrogen-bond acceptors (Lipinski definition) is 5. The summed E-state index contributed by atoms with van der Waals surface area (Å²) in [6, 6.07) is 14.8. The largest absolute Gasteiger partial charge is 0.494 e. The van der Waals surface area contributed by atoms with Crippen LogP contribution in [0.4, 0.5) is 0 Å². The summed E-state index contributed by atoms with van der Waals surface area (Å²) >= 11 is 5.31. The maximum Gasteiger partial charge on any atom is 0.120 e. The van der Waals surface area contributed by atoms with Crippen molar-refractivity contribution < 1.29 is 14.9 Å². The molecule has 0 aliphatic carbocycles. The molecule has 0 unspecified atom stereocenters. The molecule has 6 heteroatoms. The van der Waals surface area contributed by atoms with Gasteiger partial charge in [-0.15, -0.1) is 11.3 Å². The highest BCUT2D eigenvalue weighted by molar-refractivity contribution is 9.10. The van der Waals surface area contributed by atoms with Gasteiger partial charge in [0, 0.05) is 38.1 Å². The molecule has 29 heavy (non-hydrogen) atoms. The number of aliphatic hydroxyl groups is 2. The summed E-state index contributed by atoms with van der Waals surface area (Å²) < 4.78 is 8.30. The second kappa shape index (κ2) is 11.1. The van der Waals surface area contributed by atoms with Crippen LogP contribution >= 0.6 is 27.3 Å². The van der Waals surface area contributed by atoms with Crippen molar-refractivity contribution in [3.63, 3.8) is 0 Å². The van der Waals surface area contributed by atoms with Crippen LogP contribution in [-0.2, 0) is 0 Å². The van der Waals surface area contributed by atoms with E-state index in [1.807, 2.05) is 0 Å². The third-order valence-electron chi connectivity index (χ3n) is 4.94. The van der Waals surface area contributed by atoms with Crippen molar-refractivity contribution >= 4 is 37.4 Å². The van der Waals surface area contributed by atoms with E-state index in [1.54, 1.807) is 11.3 Å². The molecule has 1 heterocycles. The van der Waals surface area contributed by atoms with Gasteiger partial charge >= 0.3 is 0 Å². The first-order valence-electron chi connectivity index (χ1n) is 9.98. The molecule has 2 N–H and O–H groups in total. The standard InChI is InChI=1S/C23H28BrNO3S/c1-17-23(18-4-6-19(24)7-5-18)21-9-8-20(16-22(21)29-17)28-15-3-2-10-25(11-13-26)12-14-27/h4-9,16,26-27H,2-3,10-15H2,1H3. The van der Waals surface area contributed by atoms with Crippen LogP contribution in [0.2, 0.25) is 0 Å². The summed E-state index contributed by atoms with van der Waals surface area (Å²) in [6.45, 7) is 5.17. The molecule has 0 aliphatic rings. The fourth-order valence-corrected chi connectivity index (χ4v) is 4.89. The van der Waals surface area contributed by atoms with Gasteiger partial charge in [-0.3, -0.25) is 4.90 Å². The van der Waals surface area contributed by atoms with Gasteiger partial charge in [-0.05, 0) is 62.2 Å². The first kappa shape index (κ1) is 22.2. The summed E-state index contributed by atoms with van der Waals surface area (Å²) in [7, 11) is 0. The van der Waals surface area contributed by atoms with Gasteiger partial charge in [-0.2, -0.15) is 0 Å². The maximum absolute atomic E-state index is 9.06. The van der Waals surface area contributed by atoms with Crippen molar-refractivity contribution in [2.45, 2.75) is 19.8 Å². The summed E-state index contributed by atoms with van der Waals surface area (Å²) in [5.41, 5.74) is 2.54. The second-order valence-corrected chi connectivity index (χ2v) is 9.21. The molecule has 4 nitrogen and oxygen atoms in total. The van der Waals surface area contributed by atoms with Crippen molar-refractivity contribution in [3.05, 3.63) is 51.8 Å². The number of thiophene rings is 1. The number of aliphatic hydroxyl groups excluding tert-OH is 2. The summed E-state index contributed by atoms with van der Waals surface area (Å²) in [5, 5.41) is 19.4. The van der Waals surface area contributed by atoms with Crippen LogP contribution in [0.25, 0.3) is 21.2 Å². The van der Waals surface area contributed by atoms with Gasteiger partial charge in [0.1, 0.15) is 5.75 Å². The van der Waals surface area contributed by atoms with E-state index in [-0.39, 0.29) is 13.2 Å². The molecule has 0 atom stereocenters. The Bertz CT molecular complexity index is 904. The zero-order chi connectivity index (χ0) is 20.6. The molecule has 3 rings (SSSR count). The summed E-state index contributed by atoms with van der Waals surface area (Å²) in [5.74, 6) is 0.906. The second-order valence-electron chi connectivity index (χ2n) is 7.04. The van der Waals surface area contributed by atoms with E-state index >= 15 is 0 Å². The zero-order valence-corrected chi connectivity index (χ0v) is 19.1. The molecule has 0 spiro atoms. The number of aryl methyl sites for hydroxylation is 1. The fraction of sp³-hybridized carbons (Fsp3) is 0.391. The van der Waals surface area contributed by atoms with Gasteiger partial charge in [0.15, 0.2) is 0 Å². The van der Waals surface area contributed by atoms with E-state index in [0.29, 0.717) is 19.7 Å². The third kappa shape index (κ3) is 6.03. The fourth-order valence-electron chi connectivity index (χ4n) is 3.51. The van der Waals surface area contributed by atoms with E-state index in [9.17, 15) is 0 Å². The Morgan fingerprint density at radius 2 is 1.69 bits per heavy atom. The third-order valence-corrected chi connectivity index (χ3v) is 6.54. The van der Waals surface area contributed by atoms with E-state index < -0.39 is 0 Å². The number of fused-ring (bicyclic) bond motifs is 1. The van der Waals surface area contributed by atoms with Gasteiger partial charge in [0.2, 0.25) is 0 Å². The van der Waals surface area contributed by atoms with Gasteiger partial charge in [-0.1, -0.05) is 28.1 Å². The van der Waals surface area contributed by atoms with Crippen LogP contribution in [0.15, 0.2) is 46.9 Å². The average molecular weight is 478 g/mol. The van der Waals surface area contributed by atoms with E-state index in [0.717, 1.165) is 29.6 Å². The number of hydrogen-bond donors (Lipinski definition) is 2. The predicted octanol–water partition coefficient (Wildman–Crippen LogP) is 5.08. The van der Waals surface area contributed by atoms with Crippen LogP contribution in [0, 0.1) is 6.92 Å². The molecule has 0 amide bonds. The van der Waals surface area contributed by atoms with Gasteiger partial charge < -0.3 is 14.9 Å². The molecule has 1 aromatic heterocycles. The van der Waals surface area contributed by atoms with Crippen molar-refractivity contribution in [1.29, 1.82) is 0 Å². The summed E-state index contributed by atoms with van der Waals surface area (Å²) in [6.07, 6.45) is 1.92. The van der Waals surface area contributed by atoms with Crippen LogP contribution in [0.3, 0.4) is 0 Å². The lowest BCUT2D eigenvalue weighted by atomic mass is 10.0. The first-order valence-corrected chi connectivity index (χ1v) is 11.6. The SMILES string of the molecule is Cc1sc2cc(OCCCCN(CCO)CCO)ccc2c1-c1ccc(Br)cc1. The quantitative estimate of drug-likeness (QED) is 0.377. The lowest BCUT2D eigenvalue weighted by Crippen LogP contribution is -2.31. The zero-order valence-electron chi connectivity index (χ0n) is 16.7. The van der Waals surface area contributed by atoms with Crippen LogP contribution in [-0.4, -0.2) is 54.6 Å². The Kier molecular flexibility index (Phi) is 8.51. The molecule has 0 bridgehead atoms. The first-order chi connectivity index (χ1) is 14.1. The molecule has 0 aliphatic heterocycles. The highest BCUT2D eigenvalue weighted by Crippen LogP contribution is 2.40. The highest BCUT2D eigenvalue weighted by atomic mass is 79.9. The van der Waals surface area contributed by atoms with Crippen LogP contribution in [0.5, 0.6) is 5.75 Å². The monoisotopic (exact) mass is 477 g/mol. The molecule has 156 valence electrons. The Morgan fingerprint density at radius 1 is 0.966 bits per heavy atom. The van der Waals surface area contributed by atoms with E-state index in [4.69, 9.17) is 14.9 Å². The molecule has 0 radical (unpaired) electrons. The molecule has 0 fully saturated rings. The Morgan fingerprint density at radius 3 is 2.38 bits per heavy atom. The minimum atomic E-state index is 0.124. The highest BCUT2D eigenvalue weighted by Gasteiger charge is 2.12. The maximum atomic E-state index is 9.06. The number of unbranched alkanes of at least 4 members (excludes halogenated alkanes) is 1. The van der Waals surface area contributed by atoms with Crippen LogP contribution < -0.4 is 4.74 Å². The van der Waals surface area contributed by atoms with Crippen molar-refractivity contribution in [2.24, 2.45) is 0 Å². The number of benzene rings is 2. The van der Waals surface area contributed by atoms with Gasteiger partial charge in [0.05, 0.1) is 19.8 Å². The minimum absolute atomic E-state index is 0.124. The number of nitrogens with zero attached hydrogens (tertiary/aromatic N) is 1. The lowest BCUT2D eigenvalue weighted by molar-refractivity contribution is 0.157. The Labute approximate surface area is 184 Å². The lowest BCUT2D eigenvalue weighted by Gasteiger charge is -2.19. The number of halogens is 1. The smallest absolute Gasteiger partial charge is 0.120 e. The minimum Gasteiger partial charge on any atom is -0.494 e. The molecule has 3 aromatic rings. The van der Waals surface area contributed by atoms with E-state index in [2.05, 4.69) is 70.2 Å². The number of ether oxygens (including phenoxy) is 1. The predicted molar refractivity (Wildman–Crippen MR) is 125 cm³/mol. The Balaban J connectivity index is 1.59. The van der Waals surface area contributed by atoms with Crippen molar-refractivity contribution in [3.8, 4) is 16.9 Å². The van der Waals surface area contributed by atoms with Crippen molar-refractivity contribution in [2.75, 3.05) is 39.5 Å². The molecular weight excluding hydrogens is 450 g/mol.